The first-order chi connectivity index (χ1) is 8.54. The molecule has 0 aromatic heterocycles. The number of halogens is 2. The lowest BCUT2D eigenvalue weighted by atomic mass is 10.1. The predicted octanol–water partition coefficient (Wildman–Crippen LogP) is 2.04. The Labute approximate surface area is 116 Å². The summed E-state index contributed by atoms with van der Waals surface area (Å²) in [7, 11) is 0. The van der Waals surface area contributed by atoms with Gasteiger partial charge in [0.1, 0.15) is 21.5 Å². The smallest absolute Gasteiger partial charge is 0.224 e. The van der Waals surface area contributed by atoms with Crippen LogP contribution in [0.1, 0.15) is 26.7 Å². The summed E-state index contributed by atoms with van der Waals surface area (Å²) in [5, 5.41) is 5.48. The standard InChI is InChI=1S/C12H16Cl2N2O2/c1-3-5-15-9-7(13)12(18)10(16-6-4-2)8(14)11(9)17/h15-16H,3-6H2,1-2H3. The normalized spacial score (nSPS) is 16.4. The topological polar surface area (TPSA) is 58.2 Å². The minimum Gasteiger partial charge on any atom is -0.381 e. The van der Waals surface area contributed by atoms with E-state index in [9.17, 15) is 9.59 Å². The Kier molecular flexibility index (Phi) is 5.69. The summed E-state index contributed by atoms with van der Waals surface area (Å²) in [6, 6.07) is 0. The summed E-state index contributed by atoms with van der Waals surface area (Å²) in [6.45, 7) is 5.02. The van der Waals surface area contributed by atoms with Gasteiger partial charge in [-0.1, -0.05) is 37.0 Å². The largest absolute Gasteiger partial charge is 0.381 e. The van der Waals surface area contributed by atoms with Crippen LogP contribution in [0.3, 0.4) is 0 Å². The van der Waals surface area contributed by atoms with Crippen molar-refractivity contribution in [1.29, 1.82) is 0 Å². The van der Waals surface area contributed by atoms with Gasteiger partial charge in [-0.05, 0) is 12.8 Å². The lowest BCUT2D eigenvalue weighted by molar-refractivity contribution is -0.116. The van der Waals surface area contributed by atoms with Crippen molar-refractivity contribution in [2.24, 2.45) is 0 Å². The number of nitrogens with one attached hydrogen (secondary N) is 2. The average molecular weight is 291 g/mol. The molecule has 2 N–H and O–H groups in total. The summed E-state index contributed by atoms with van der Waals surface area (Å²) in [5.74, 6) is -0.873. The molecule has 0 aromatic carbocycles. The molecule has 0 saturated carbocycles. The molecule has 100 valence electrons. The van der Waals surface area contributed by atoms with Gasteiger partial charge in [-0.15, -0.1) is 0 Å². The van der Waals surface area contributed by atoms with Crippen LogP contribution < -0.4 is 10.6 Å². The van der Waals surface area contributed by atoms with Crippen molar-refractivity contribution in [3.05, 3.63) is 21.5 Å². The molecule has 1 rings (SSSR count). The molecule has 0 aromatic rings. The number of ketones is 2. The number of hydrogen-bond donors (Lipinski definition) is 2. The highest BCUT2D eigenvalue weighted by Gasteiger charge is 2.32. The zero-order valence-corrected chi connectivity index (χ0v) is 11.9. The Balaban J connectivity index is 2.99. The Morgan fingerprint density at radius 2 is 1.17 bits per heavy atom. The van der Waals surface area contributed by atoms with E-state index in [1.165, 1.54) is 0 Å². The molecule has 1 aliphatic carbocycles. The number of rotatable bonds is 6. The van der Waals surface area contributed by atoms with Gasteiger partial charge in [0.25, 0.3) is 0 Å². The molecular formula is C12H16Cl2N2O2. The maximum atomic E-state index is 12.0. The van der Waals surface area contributed by atoms with E-state index < -0.39 is 11.6 Å². The molecule has 0 fully saturated rings. The minimum atomic E-state index is -0.437. The Bertz CT molecular complexity index is 388. The second-order valence-electron chi connectivity index (χ2n) is 3.89. The van der Waals surface area contributed by atoms with Gasteiger partial charge in [-0.25, -0.2) is 0 Å². The van der Waals surface area contributed by atoms with Crippen LogP contribution in [0.4, 0.5) is 0 Å². The zero-order chi connectivity index (χ0) is 13.7. The molecule has 4 nitrogen and oxygen atoms in total. The molecule has 0 unspecified atom stereocenters. The third-order valence-electron chi connectivity index (χ3n) is 2.40. The maximum Gasteiger partial charge on any atom is 0.224 e. The molecule has 0 heterocycles. The van der Waals surface area contributed by atoms with E-state index in [1.54, 1.807) is 0 Å². The molecule has 0 aliphatic heterocycles. The molecular weight excluding hydrogens is 275 g/mol. The van der Waals surface area contributed by atoms with Crippen LogP contribution in [0.2, 0.25) is 0 Å². The summed E-state index contributed by atoms with van der Waals surface area (Å²) in [4.78, 5) is 23.9. The van der Waals surface area contributed by atoms with Gasteiger partial charge in [0.05, 0.1) is 0 Å². The van der Waals surface area contributed by atoms with Crippen molar-refractivity contribution in [3.63, 3.8) is 0 Å². The van der Waals surface area contributed by atoms with Crippen molar-refractivity contribution < 1.29 is 9.59 Å². The van der Waals surface area contributed by atoms with Gasteiger partial charge in [0.15, 0.2) is 0 Å². The minimum absolute atomic E-state index is 0.0931. The van der Waals surface area contributed by atoms with Crippen molar-refractivity contribution in [2.45, 2.75) is 26.7 Å². The van der Waals surface area contributed by atoms with E-state index in [-0.39, 0.29) is 21.5 Å². The fourth-order valence-electron chi connectivity index (χ4n) is 1.46. The molecule has 0 atom stereocenters. The quantitative estimate of drug-likeness (QED) is 0.735. The monoisotopic (exact) mass is 290 g/mol. The van der Waals surface area contributed by atoms with Gasteiger partial charge in [0.2, 0.25) is 11.6 Å². The molecule has 0 amide bonds. The predicted molar refractivity (Wildman–Crippen MR) is 72.4 cm³/mol. The maximum absolute atomic E-state index is 12.0. The Morgan fingerprint density at radius 1 is 0.833 bits per heavy atom. The highest BCUT2D eigenvalue weighted by atomic mass is 35.5. The number of Topliss-reactive ketones (excluding diaryl/α,β-unsaturated/α-hetero) is 2. The van der Waals surface area contributed by atoms with Crippen molar-refractivity contribution in [3.8, 4) is 0 Å². The van der Waals surface area contributed by atoms with Crippen LogP contribution in [0, 0.1) is 0 Å². The van der Waals surface area contributed by atoms with Crippen molar-refractivity contribution >= 4 is 34.8 Å². The van der Waals surface area contributed by atoms with Crippen LogP contribution in [-0.4, -0.2) is 24.7 Å². The second-order valence-corrected chi connectivity index (χ2v) is 4.65. The molecule has 18 heavy (non-hydrogen) atoms. The first-order valence-electron chi connectivity index (χ1n) is 5.91. The average Bonchev–Trinajstić information content (AvgIpc) is 2.37. The number of carbonyl (C=O) groups is 2. The molecule has 0 spiro atoms. The van der Waals surface area contributed by atoms with E-state index >= 15 is 0 Å². The summed E-state index contributed by atoms with van der Waals surface area (Å²) in [5.41, 5.74) is 0.186. The fraction of sp³-hybridized carbons (Fsp3) is 0.500. The molecule has 1 aliphatic rings. The SMILES string of the molecule is CCCNC1=C(Cl)C(=O)C(NCCC)=C(Cl)C1=O. The van der Waals surface area contributed by atoms with Gasteiger partial charge < -0.3 is 10.6 Å². The molecule has 0 radical (unpaired) electrons. The van der Waals surface area contributed by atoms with Crippen LogP contribution >= 0.6 is 23.2 Å². The van der Waals surface area contributed by atoms with Crippen LogP contribution in [0.5, 0.6) is 0 Å². The third kappa shape index (κ3) is 3.06. The first kappa shape index (κ1) is 15.1. The molecule has 0 bridgehead atoms. The summed E-state index contributed by atoms with van der Waals surface area (Å²) >= 11 is 11.8. The van der Waals surface area contributed by atoms with Crippen LogP contribution in [0.15, 0.2) is 21.5 Å². The first-order valence-corrected chi connectivity index (χ1v) is 6.66. The highest BCUT2D eigenvalue weighted by molar-refractivity contribution is 6.55. The van der Waals surface area contributed by atoms with Crippen LogP contribution in [-0.2, 0) is 9.59 Å². The zero-order valence-electron chi connectivity index (χ0n) is 10.4. The van der Waals surface area contributed by atoms with Crippen molar-refractivity contribution in [2.75, 3.05) is 13.1 Å². The highest BCUT2D eigenvalue weighted by Crippen LogP contribution is 2.26. The van der Waals surface area contributed by atoms with E-state index in [1.807, 2.05) is 13.8 Å². The van der Waals surface area contributed by atoms with E-state index in [2.05, 4.69) is 10.6 Å². The molecule has 0 saturated heterocycles. The summed E-state index contributed by atoms with van der Waals surface area (Å²) in [6.07, 6.45) is 1.63. The van der Waals surface area contributed by atoms with E-state index in [0.29, 0.717) is 13.1 Å². The number of allylic oxidation sites excluding steroid dienone is 2. The van der Waals surface area contributed by atoms with Crippen molar-refractivity contribution in [1.82, 2.24) is 10.6 Å². The van der Waals surface area contributed by atoms with Crippen LogP contribution in [0.25, 0.3) is 0 Å². The summed E-state index contributed by atoms with van der Waals surface area (Å²) < 4.78 is 0. The van der Waals surface area contributed by atoms with Gasteiger partial charge in [-0.2, -0.15) is 0 Å². The Morgan fingerprint density at radius 3 is 1.44 bits per heavy atom. The van der Waals surface area contributed by atoms with E-state index in [4.69, 9.17) is 23.2 Å². The fourth-order valence-corrected chi connectivity index (χ4v) is 1.96. The van der Waals surface area contributed by atoms with Gasteiger partial charge >= 0.3 is 0 Å². The molecule has 6 heteroatoms. The van der Waals surface area contributed by atoms with Gasteiger partial charge in [-0.3, -0.25) is 9.59 Å². The number of hydrogen-bond acceptors (Lipinski definition) is 4. The lowest BCUT2D eigenvalue weighted by Gasteiger charge is -2.19. The number of carbonyl (C=O) groups excluding carboxylic acids is 2. The lowest BCUT2D eigenvalue weighted by Crippen LogP contribution is -2.34. The Hall–Kier alpha value is -1.00. The van der Waals surface area contributed by atoms with Gasteiger partial charge in [0, 0.05) is 13.1 Å². The second kappa shape index (κ2) is 6.81. The third-order valence-corrected chi connectivity index (χ3v) is 3.12. The van der Waals surface area contributed by atoms with E-state index in [0.717, 1.165) is 12.8 Å².